The Hall–Kier alpha value is -3.10. The number of fused-ring (bicyclic) bond motifs is 1. The minimum Gasteiger partial charge on any atom is -0.350 e. The van der Waals surface area contributed by atoms with Crippen molar-refractivity contribution in [1.29, 1.82) is 0 Å². The van der Waals surface area contributed by atoms with Gasteiger partial charge in [-0.05, 0) is 50.0 Å². The molecule has 1 saturated heterocycles. The maximum absolute atomic E-state index is 14.8. The molecular weight excluding hydrogens is 446 g/mol. The standard InChI is InChI=1S/C24H23ClF2N6/c25-17-7-3-9-19(27)21(17)23-31-20-13-30-24(29-12-16-6-1-2-8-18(16)26)32-22(20)33(23)14-15-5-4-10-28-11-15/h1-3,6-9,13,15,28H,4-5,10-12,14H2,(H,29,30,32). The smallest absolute Gasteiger partial charge is 0.225 e. The summed E-state index contributed by atoms with van der Waals surface area (Å²) in [5, 5.41) is 6.79. The summed E-state index contributed by atoms with van der Waals surface area (Å²) in [7, 11) is 0. The third-order valence-electron chi connectivity index (χ3n) is 5.91. The van der Waals surface area contributed by atoms with E-state index in [9.17, 15) is 8.78 Å². The summed E-state index contributed by atoms with van der Waals surface area (Å²) in [6.45, 7) is 2.73. The van der Waals surface area contributed by atoms with Gasteiger partial charge >= 0.3 is 0 Å². The lowest BCUT2D eigenvalue weighted by Gasteiger charge is -2.24. The lowest BCUT2D eigenvalue weighted by atomic mass is 9.99. The normalized spacial score (nSPS) is 16.3. The molecule has 1 atom stereocenters. The van der Waals surface area contributed by atoms with Gasteiger partial charge in [-0.25, -0.2) is 18.7 Å². The number of hydrogen-bond acceptors (Lipinski definition) is 5. The largest absolute Gasteiger partial charge is 0.350 e. The zero-order chi connectivity index (χ0) is 22.8. The van der Waals surface area contributed by atoms with Crippen LogP contribution in [0.4, 0.5) is 14.7 Å². The molecule has 1 unspecified atom stereocenters. The highest BCUT2D eigenvalue weighted by Crippen LogP contribution is 2.33. The fraction of sp³-hybridized carbons (Fsp3) is 0.292. The number of anilines is 1. The molecule has 170 valence electrons. The van der Waals surface area contributed by atoms with Crippen molar-refractivity contribution in [2.75, 3.05) is 18.4 Å². The molecule has 2 aromatic carbocycles. The summed E-state index contributed by atoms with van der Waals surface area (Å²) in [5.74, 6) is 0.397. The van der Waals surface area contributed by atoms with Gasteiger partial charge in [-0.3, -0.25) is 0 Å². The number of hydrogen-bond donors (Lipinski definition) is 2. The third kappa shape index (κ3) is 4.54. The summed E-state index contributed by atoms with van der Waals surface area (Å²) in [6, 6.07) is 11.2. The number of rotatable bonds is 6. The molecule has 0 bridgehead atoms. The minimum atomic E-state index is -0.438. The predicted molar refractivity (Wildman–Crippen MR) is 125 cm³/mol. The van der Waals surface area contributed by atoms with Gasteiger partial charge in [0.15, 0.2) is 5.65 Å². The van der Waals surface area contributed by atoms with Gasteiger partial charge in [0.05, 0.1) is 16.8 Å². The average Bonchev–Trinajstić information content (AvgIpc) is 3.16. The molecule has 5 rings (SSSR count). The highest BCUT2D eigenvalue weighted by atomic mass is 35.5. The maximum atomic E-state index is 14.8. The molecule has 0 aliphatic carbocycles. The molecule has 6 nitrogen and oxygen atoms in total. The topological polar surface area (TPSA) is 67.7 Å². The average molecular weight is 469 g/mol. The van der Waals surface area contributed by atoms with Gasteiger partial charge in [0.1, 0.15) is 23.0 Å². The molecule has 3 heterocycles. The third-order valence-corrected chi connectivity index (χ3v) is 6.22. The lowest BCUT2D eigenvalue weighted by molar-refractivity contribution is 0.341. The van der Waals surface area contributed by atoms with Crippen molar-refractivity contribution in [1.82, 2.24) is 24.8 Å². The van der Waals surface area contributed by atoms with Gasteiger partial charge in [-0.15, -0.1) is 0 Å². The van der Waals surface area contributed by atoms with Crippen LogP contribution in [0, 0.1) is 17.6 Å². The molecule has 0 saturated carbocycles. The van der Waals surface area contributed by atoms with E-state index < -0.39 is 5.82 Å². The number of halogens is 3. The summed E-state index contributed by atoms with van der Waals surface area (Å²) < 4.78 is 30.7. The van der Waals surface area contributed by atoms with Gasteiger partial charge in [-0.1, -0.05) is 35.9 Å². The van der Waals surface area contributed by atoms with E-state index in [1.807, 2.05) is 4.57 Å². The van der Waals surface area contributed by atoms with Crippen LogP contribution >= 0.6 is 11.6 Å². The predicted octanol–water partition coefficient (Wildman–Crippen LogP) is 5.04. The molecule has 4 aromatic rings. The van der Waals surface area contributed by atoms with Gasteiger partial charge in [0, 0.05) is 18.7 Å². The highest BCUT2D eigenvalue weighted by molar-refractivity contribution is 6.33. The fourth-order valence-electron chi connectivity index (χ4n) is 4.23. The Morgan fingerprint density at radius 2 is 1.94 bits per heavy atom. The number of imidazole rings is 1. The number of benzene rings is 2. The molecule has 0 spiro atoms. The van der Waals surface area contributed by atoms with Crippen molar-refractivity contribution in [3.63, 3.8) is 0 Å². The quantitative estimate of drug-likeness (QED) is 0.415. The van der Waals surface area contributed by atoms with Crippen LogP contribution in [0.5, 0.6) is 0 Å². The lowest BCUT2D eigenvalue weighted by Crippen LogP contribution is -2.32. The van der Waals surface area contributed by atoms with Gasteiger partial charge in [0.25, 0.3) is 0 Å². The van der Waals surface area contributed by atoms with E-state index in [0.717, 1.165) is 25.9 Å². The molecule has 0 radical (unpaired) electrons. The van der Waals surface area contributed by atoms with E-state index in [1.165, 1.54) is 12.1 Å². The maximum Gasteiger partial charge on any atom is 0.225 e. The number of piperidine rings is 1. The van der Waals surface area contributed by atoms with Crippen molar-refractivity contribution < 1.29 is 8.78 Å². The molecule has 1 aliphatic heterocycles. The van der Waals surface area contributed by atoms with Crippen molar-refractivity contribution in [2.45, 2.75) is 25.9 Å². The zero-order valence-electron chi connectivity index (χ0n) is 17.9. The van der Waals surface area contributed by atoms with Crippen LogP contribution in [0.25, 0.3) is 22.6 Å². The Bertz CT molecular complexity index is 1270. The Balaban J connectivity index is 1.55. The second kappa shape index (κ2) is 9.41. The minimum absolute atomic E-state index is 0.241. The van der Waals surface area contributed by atoms with Crippen molar-refractivity contribution in [3.05, 3.63) is 70.9 Å². The summed E-state index contributed by atoms with van der Waals surface area (Å²) in [4.78, 5) is 13.6. The second-order valence-electron chi connectivity index (χ2n) is 8.20. The van der Waals surface area contributed by atoms with E-state index in [0.29, 0.717) is 46.0 Å². The monoisotopic (exact) mass is 468 g/mol. The number of nitrogens with one attached hydrogen (secondary N) is 2. The summed E-state index contributed by atoms with van der Waals surface area (Å²) in [5.41, 5.74) is 1.90. The fourth-order valence-corrected chi connectivity index (χ4v) is 4.48. The number of nitrogens with zero attached hydrogens (tertiary/aromatic N) is 4. The Morgan fingerprint density at radius 3 is 2.73 bits per heavy atom. The van der Waals surface area contributed by atoms with Gasteiger partial charge in [-0.2, -0.15) is 4.98 Å². The van der Waals surface area contributed by atoms with E-state index in [2.05, 4.69) is 25.6 Å². The molecule has 2 aromatic heterocycles. The molecule has 1 aliphatic rings. The van der Waals surface area contributed by atoms with Crippen molar-refractivity contribution in [2.24, 2.45) is 5.92 Å². The molecule has 0 amide bonds. The molecule has 33 heavy (non-hydrogen) atoms. The Kier molecular flexibility index (Phi) is 6.20. The molecule has 1 fully saturated rings. The SMILES string of the molecule is Fc1ccccc1CNc1ncc2nc(-c3c(F)cccc3Cl)n(CC3CCCNC3)c2n1. The van der Waals surface area contributed by atoms with E-state index in [4.69, 9.17) is 11.6 Å². The van der Waals surface area contributed by atoms with E-state index >= 15 is 0 Å². The van der Waals surface area contributed by atoms with Gasteiger partial charge in [0.2, 0.25) is 5.95 Å². The molecule has 9 heteroatoms. The second-order valence-corrected chi connectivity index (χ2v) is 8.61. The van der Waals surface area contributed by atoms with E-state index in [1.54, 1.807) is 36.5 Å². The van der Waals surface area contributed by atoms with Crippen molar-refractivity contribution >= 4 is 28.7 Å². The van der Waals surface area contributed by atoms with Crippen LogP contribution in [0.3, 0.4) is 0 Å². The summed E-state index contributed by atoms with van der Waals surface area (Å²) >= 11 is 6.38. The van der Waals surface area contributed by atoms with Gasteiger partial charge < -0.3 is 15.2 Å². The van der Waals surface area contributed by atoms with Crippen LogP contribution in [0.1, 0.15) is 18.4 Å². The first-order chi connectivity index (χ1) is 16.1. The van der Waals surface area contributed by atoms with Crippen LogP contribution < -0.4 is 10.6 Å². The highest BCUT2D eigenvalue weighted by Gasteiger charge is 2.23. The van der Waals surface area contributed by atoms with E-state index in [-0.39, 0.29) is 17.9 Å². The zero-order valence-corrected chi connectivity index (χ0v) is 18.6. The first-order valence-electron chi connectivity index (χ1n) is 11.0. The van der Waals surface area contributed by atoms with Crippen LogP contribution in [-0.2, 0) is 13.1 Å². The van der Waals surface area contributed by atoms with Crippen molar-refractivity contribution in [3.8, 4) is 11.4 Å². The first-order valence-corrected chi connectivity index (χ1v) is 11.3. The Labute approximate surface area is 195 Å². The molecule has 2 N–H and O–H groups in total. The number of aromatic nitrogens is 4. The Morgan fingerprint density at radius 1 is 1.09 bits per heavy atom. The van der Waals surface area contributed by atoms with Crippen LogP contribution in [0.15, 0.2) is 48.7 Å². The first kappa shape index (κ1) is 21.7. The molecular formula is C24H23ClF2N6. The summed E-state index contributed by atoms with van der Waals surface area (Å²) in [6.07, 6.45) is 3.73. The van der Waals surface area contributed by atoms with Crippen LogP contribution in [0.2, 0.25) is 5.02 Å². The van der Waals surface area contributed by atoms with Crippen LogP contribution in [-0.4, -0.2) is 32.6 Å².